The molecule has 0 spiro atoms. The highest BCUT2D eigenvalue weighted by Gasteiger charge is 2.47. The van der Waals surface area contributed by atoms with Gasteiger partial charge in [0.15, 0.2) is 17.4 Å². The Kier molecular flexibility index (Phi) is 18.3. The van der Waals surface area contributed by atoms with Gasteiger partial charge in [-0.05, 0) is 89.9 Å². The van der Waals surface area contributed by atoms with E-state index in [4.69, 9.17) is 15.0 Å². The zero-order chi connectivity index (χ0) is 57.2. The van der Waals surface area contributed by atoms with E-state index in [9.17, 15) is 53.0 Å². The minimum absolute atomic E-state index is 0.121. The standard InChI is InChI=1S/C51H68N9O16P3/c1-7-59-24-14-16-31-26-36-38(28-39(31)59)51(2,3)37-27-32(57(4)5)20-21-35(37)42(36)33-17-10-11-18-34(33)48(65)58(6)23-15-19-41(61)53-22-12-8-9-13-25-72-77(66,67)75-79(70,71)76-78(68,69)73-29-40-44(62)45(63)49(74-40)60-30-54-43-46(60)55-50(52)56-47(43)64/h10-11,17-18,20-21,26-28,30,40,44-45,49,62-63H,7-9,12-16,19,22-25,29H2,1-6H3,(H6-,52,53,55,56,61,64,66,67,68,69,70,71)/p+1/t40-,44-,45-,49-/m1/s1. The van der Waals surface area contributed by atoms with Gasteiger partial charge >= 0.3 is 23.5 Å². The number of benzene rings is 3. The highest BCUT2D eigenvalue weighted by atomic mass is 31.3. The van der Waals surface area contributed by atoms with Crippen LogP contribution >= 0.6 is 23.5 Å². The van der Waals surface area contributed by atoms with Crippen molar-refractivity contribution in [2.75, 3.05) is 71.2 Å². The number of nitrogens with zero attached hydrogens (tertiary/aromatic N) is 6. The van der Waals surface area contributed by atoms with Crippen molar-refractivity contribution in [2.24, 2.45) is 0 Å². The number of aromatic amines is 1. The second-order valence-electron chi connectivity index (χ2n) is 20.5. The van der Waals surface area contributed by atoms with Crippen LogP contribution in [0.2, 0.25) is 0 Å². The van der Waals surface area contributed by atoms with Crippen molar-refractivity contribution in [3.8, 4) is 0 Å². The van der Waals surface area contributed by atoms with Gasteiger partial charge in [-0.3, -0.25) is 33.0 Å². The van der Waals surface area contributed by atoms with E-state index in [0.717, 1.165) is 64.4 Å². The zero-order valence-corrected chi connectivity index (χ0v) is 47.5. The van der Waals surface area contributed by atoms with Gasteiger partial charge in [-0.2, -0.15) is 13.6 Å². The molecule has 3 aliphatic rings. The maximum absolute atomic E-state index is 14.4. The number of hydrogen-bond acceptors (Lipinski definition) is 17. The average molecular weight is 1160 g/mol. The summed E-state index contributed by atoms with van der Waals surface area (Å²) in [6, 6.07) is 19.1. The van der Waals surface area contributed by atoms with Gasteiger partial charge in [0, 0.05) is 75.4 Å². The van der Waals surface area contributed by atoms with E-state index in [1.54, 1.807) is 11.9 Å². The van der Waals surface area contributed by atoms with Gasteiger partial charge in [0.25, 0.3) is 11.5 Å². The first kappa shape index (κ1) is 59.6. The minimum atomic E-state index is -5.82. The third-order valence-corrected chi connectivity index (χ3v) is 18.7. The van der Waals surface area contributed by atoms with E-state index in [1.165, 1.54) is 22.0 Å². The smallest absolute Gasteiger partial charge is 0.387 e. The normalized spacial score (nSPS) is 20.8. The summed E-state index contributed by atoms with van der Waals surface area (Å²) in [6.45, 7) is 7.95. The molecule has 2 aliphatic heterocycles. The number of carbonyl (C=O) groups excluding carboxylic acids is 2. The average Bonchev–Trinajstić information content (AvgIpc) is 4.11. The van der Waals surface area contributed by atoms with Crippen LogP contribution in [0.25, 0.3) is 16.7 Å². The number of phosphoric acid groups is 3. The molecule has 2 amide bonds. The Bertz CT molecular complexity index is 3460. The van der Waals surface area contributed by atoms with Crippen molar-refractivity contribution in [3.63, 3.8) is 0 Å². The predicted molar refractivity (Wildman–Crippen MR) is 291 cm³/mol. The maximum Gasteiger partial charge on any atom is 0.490 e. The number of imidazole rings is 1. The summed E-state index contributed by atoms with van der Waals surface area (Å²) in [7, 11) is -10.9. The number of rotatable bonds is 24. The van der Waals surface area contributed by atoms with E-state index in [-0.39, 0.29) is 47.2 Å². The van der Waals surface area contributed by atoms with Crippen molar-refractivity contribution in [3.05, 3.63) is 115 Å². The van der Waals surface area contributed by atoms with Gasteiger partial charge in [0.2, 0.25) is 17.2 Å². The fraction of sp³-hybridized carbons (Fsp3) is 0.490. The van der Waals surface area contributed by atoms with Crippen molar-refractivity contribution in [1.82, 2.24) is 34.3 Å². The zero-order valence-electron chi connectivity index (χ0n) is 44.8. The quantitative estimate of drug-likeness (QED) is 0.0249. The number of anilines is 2. The van der Waals surface area contributed by atoms with Gasteiger partial charge < -0.3 is 50.5 Å². The van der Waals surface area contributed by atoms with E-state index in [1.807, 2.05) is 38.4 Å². The van der Waals surface area contributed by atoms with Crippen LogP contribution in [0.5, 0.6) is 0 Å². The molecule has 1 aliphatic carbocycles. The Morgan fingerprint density at radius 3 is 2.38 bits per heavy atom. The van der Waals surface area contributed by atoms with E-state index in [0.29, 0.717) is 44.3 Å². The Labute approximate surface area is 455 Å². The van der Waals surface area contributed by atoms with E-state index < -0.39 is 66.8 Å². The molecule has 79 heavy (non-hydrogen) atoms. The van der Waals surface area contributed by atoms with Crippen LogP contribution < -0.4 is 36.7 Å². The number of phosphoric ester groups is 2. The van der Waals surface area contributed by atoms with Crippen LogP contribution in [0.3, 0.4) is 0 Å². The molecule has 1 fully saturated rings. The Hall–Kier alpha value is -5.49. The Morgan fingerprint density at radius 1 is 0.924 bits per heavy atom. The molecule has 3 unspecified atom stereocenters. The lowest BCUT2D eigenvalue weighted by molar-refractivity contribution is -0.121. The van der Waals surface area contributed by atoms with Crippen molar-refractivity contribution >= 4 is 63.7 Å². The molecule has 3 aromatic carbocycles. The number of hydrogen-bond donors (Lipinski definition) is 8. The third kappa shape index (κ3) is 13.5. The lowest BCUT2D eigenvalue weighted by atomic mass is 9.68. The van der Waals surface area contributed by atoms with Crippen molar-refractivity contribution in [1.29, 1.82) is 0 Å². The fourth-order valence-corrected chi connectivity index (χ4v) is 13.9. The van der Waals surface area contributed by atoms with Crippen molar-refractivity contribution in [2.45, 2.75) is 102 Å². The lowest BCUT2D eigenvalue weighted by Crippen LogP contribution is -2.43. The first-order chi connectivity index (χ1) is 37.3. The lowest BCUT2D eigenvalue weighted by Gasteiger charge is -2.36. The number of nitrogen functional groups attached to an aromatic ring is 1. The molecule has 5 aromatic rings. The highest BCUT2D eigenvalue weighted by Crippen LogP contribution is 2.67. The maximum atomic E-state index is 14.4. The fourth-order valence-electron chi connectivity index (χ4n) is 10.4. The van der Waals surface area contributed by atoms with Gasteiger partial charge in [0.1, 0.15) is 31.4 Å². The predicted octanol–water partition coefficient (Wildman–Crippen LogP) is 3.33. The third-order valence-electron chi connectivity index (χ3n) is 14.4. The molecule has 4 heterocycles. The minimum Gasteiger partial charge on any atom is -0.387 e. The summed E-state index contributed by atoms with van der Waals surface area (Å²) in [5, 5.41) is 26.4. The topological polar surface area (TPSA) is 344 Å². The largest absolute Gasteiger partial charge is 0.490 e. The van der Waals surface area contributed by atoms with Crippen LogP contribution in [-0.4, -0.2) is 140 Å². The number of nitrogens with two attached hydrogens (primary N) is 1. The molecular weight excluding hydrogens is 1090 g/mol. The summed E-state index contributed by atoms with van der Waals surface area (Å²) in [5.41, 5.74) is 12.7. The molecule has 428 valence electrons. The van der Waals surface area contributed by atoms with Crippen LogP contribution in [0.4, 0.5) is 11.6 Å². The number of fused-ring (bicyclic) bond motifs is 4. The van der Waals surface area contributed by atoms with Gasteiger partial charge in [0.05, 0.1) is 19.5 Å². The molecule has 9 N–H and O–H groups in total. The number of aryl methyl sites for hydroxylation is 1. The van der Waals surface area contributed by atoms with Gasteiger partial charge in [-0.1, -0.05) is 51.0 Å². The number of aliphatic hydroxyl groups is 2. The molecule has 0 saturated carbocycles. The number of amides is 2. The molecule has 1 saturated heterocycles. The van der Waals surface area contributed by atoms with Crippen LogP contribution in [0.15, 0.2) is 65.7 Å². The van der Waals surface area contributed by atoms with Crippen LogP contribution in [0, 0.1) is 0 Å². The first-order valence-electron chi connectivity index (χ1n) is 26.0. The van der Waals surface area contributed by atoms with Crippen LogP contribution in [0.1, 0.15) is 110 Å². The van der Waals surface area contributed by atoms with E-state index >= 15 is 0 Å². The monoisotopic (exact) mass is 1160 g/mol. The second kappa shape index (κ2) is 24.3. The number of ether oxygens (including phenoxy) is 1. The SMILES string of the molecule is CC[N+]1=c2cc3c(cc2CCC1)=C(c1ccccc1C(=O)N(C)CCCC(=O)NCCCCCCOP(=O)(O)OP(=O)(O)OP(=O)(O)OC[C@H]1O[C@@H](n2cnc4c(=O)[nH]c(N)nc42)[C@H](O)[C@@H]1O)c1ccc(N(C)C)cc1C3(C)C. The summed E-state index contributed by atoms with van der Waals surface area (Å²) in [5.74, 6) is -0.620. The molecule has 2 aromatic heterocycles. The summed E-state index contributed by atoms with van der Waals surface area (Å²) in [6.07, 6.45) is -1.03. The van der Waals surface area contributed by atoms with Gasteiger partial charge in [-0.15, -0.1) is 0 Å². The molecule has 0 radical (unpaired) electrons. The van der Waals surface area contributed by atoms with Crippen molar-refractivity contribution < 1.29 is 70.6 Å². The number of carbonyl (C=O) groups is 2. The summed E-state index contributed by atoms with van der Waals surface area (Å²) < 4.78 is 64.2. The molecular formula is C51H69N9O16P3+. The number of aromatic nitrogens is 4. The number of H-pyrrole nitrogens is 1. The molecule has 7 atom stereocenters. The number of nitrogens with one attached hydrogen (secondary N) is 2. The number of aliphatic hydroxyl groups excluding tert-OH is 2. The molecule has 8 rings (SSSR count). The van der Waals surface area contributed by atoms with Gasteiger partial charge in [-0.25, -0.2) is 23.3 Å². The number of unbranched alkanes of at least 4 members (excludes halogenated alkanes) is 3. The van der Waals surface area contributed by atoms with E-state index in [2.05, 4.69) is 94.0 Å². The first-order valence-corrected chi connectivity index (χ1v) is 30.5. The Balaban J connectivity index is 0.764. The van der Waals surface area contributed by atoms with Crippen LogP contribution in [-0.2, 0) is 52.7 Å². The molecule has 28 heteroatoms. The summed E-state index contributed by atoms with van der Waals surface area (Å²) >= 11 is 0. The summed E-state index contributed by atoms with van der Waals surface area (Å²) in [4.78, 5) is 83.4. The molecule has 0 bridgehead atoms. The second-order valence-corrected chi connectivity index (χ2v) is 25.1. The Morgan fingerprint density at radius 2 is 1.65 bits per heavy atom. The highest BCUT2D eigenvalue weighted by molar-refractivity contribution is 7.66. The molecule has 25 nitrogen and oxygen atoms in total.